The van der Waals surface area contributed by atoms with E-state index in [0.717, 1.165) is 11.1 Å². The van der Waals surface area contributed by atoms with E-state index in [1.807, 2.05) is 31.2 Å². The number of amides is 1. The molecule has 6 heteroatoms. The van der Waals surface area contributed by atoms with Gasteiger partial charge < -0.3 is 14.2 Å². The largest absolute Gasteiger partial charge is 0.497 e. The highest BCUT2D eigenvalue weighted by atomic mass is 16.5. The normalized spacial score (nSPS) is 11.0. The molecule has 0 aliphatic heterocycles. The van der Waals surface area contributed by atoms with Crippen LogP contribution in [0.2, 0.25) is 0 Å². The van der Waals surface area contributed by atoms with Gasteiger partial charge in [-0.15, -0.1) is 0 Å². The molecule has 0 unspecified atom stereocenters. The molecular formula is C19H22N2O4. The minimum atomic E-state index is -0.340. The standard InChI is InChI=1S/C19H22N2O4/c1-13-6-5-7-16(10-13)25-12-19(22)21-20-14(2)17-9-8-15(23-3)11-18(17)24-4/h5-11H,12H2,1-4H3,(H,21,22)/b20-14+. The molecule has 2 aromatic rings. The molecule has 0 atom stereocenters. The fourth-order valence-electron chi connectivity index (χ4n) is 2.19. The minimum absolute atomic E-state index is 0.111. The minimum Gasteiger partial charge on any atom is -0.497 e. The Hall–Kier alpha value is -3.02. The average Bonchev–Trinajstić information content (AvgIpc) is 2.63. The second-order valence-electron chi connectivity index (χ2n) is 5.40. The average molecular weight is 342 g/mol. The lowest BCUT2D eigenvalue weighted by Crippen LogP contribution is -2.25. The maximum Gasteiger partial charge on any atom is 0.277 e. The number of hydrogen-bond donors (Lipinski definition) is 1. The SMILES string of the molecule is COc1ccc(/C(C)=N/NC(=O)COc2cccc(C)c2)c(OC)c1. The molecule has 6 nitrogen and oxygen atoms in total. The van der Waals surface area contributed by atoms with E-state index < -0.39 is 0 Å². The van der Waals surface area contributed by atoms with Crippen molar-refractivity contribution < 1.29 is 19.0 Å². The Morgan fingerprint density at radius 3 is 2.56 bits per heavy atom. The van der Waals surface area contributed by atoms with Gasteiger partial charge in [-0.05, 0) is 43.7 Å². The number of hydrazone groups is 1. The van der Waals surface area contributed by atoms with Crippen molar-refractivity contribution in [1.82, 2.24) is 5.43 Å². The zero-order valence-corrected chi connectivity index (χ0v) is 14.8. The van der Waals surface area contributed by atoms with Crippen LogP contribution in [0.5, 0.6) is 17.2 Å². The summed E-state index contributed by atoms with van der Waals surface area (Å²) in [6.45, 7) is 3.63. The first-order chi connectivity index (χ1) is 12.0. The molecule has 0 heterocycles. The van der Waals surface area contributed by atoms with Crippen molar-refractivity contribution in [3.63, 3.8) is 0 Å². The Morgan fingerprint density at radius 1 is 1.08 bits per heavy atom. The molecule has 2 rings (SSSR count). The lowest BCUT2D eigenvalue weighted by atomic mass is 10.1. The fraction of sp³-hybridized carbons (Fsp3) is 0.263. The smallest absolute Gasteiger partial charge is 0.277 e. The van der Waals surface area contributed by atoms with Crippen molar-refractivity contribution in [2.45, 2.75) is 13.8 Å². The molecule has 0 spiro atoms. The van der Waals surface area contributed by atoms with Crippen molar-refractivity contribution in [2.75, 3.05) is 20.8 Å². The molecular weight excluding hydrogens is 320 g/mol. The van der Waals surface area contributed by atoms with Crippen LogP contribution in [0.4, 0.5) is 0 Å². The predicted molar refractivity (Wildman–Crippen MR) is 96.6 cm³/mol. The van der Waals surface area contributed by atoms with E-state index in [4.69, 9.17) is 14.2 Å². The van der Waals surface area contributed by atoms with Gasteiger partial charge in [-0.3, -0.25) is 4.79 Å². The first kappa shape index (κ1) is 18.3. The molecule has 25 heavy (non-hydrogen) atoms. The maximum atomic E-state index is 11.9. The van der Waals surface area contributed by atoms with Crippen LogP contribution >= 0.6 is 0 Å². The molecule has 0 bridgehead atoms. The third kappa shape index (κ3) is 5.24. The van der Waals surface area contributed by atoms with Crippen molar-refractivity contribution in [3.8, 4) is 17.2 Å². The van der Waals surface area contributed by atoms with Crippen LogP contribution < -0.4 is 19.6 Å². The molecule has 1 amide bonds. The van der Waals surface area contributed by atoms with Gasteiger partial charge >= 0.3 is 0 Å². The zero-order valence-electron chi connectivity index (χ0n) is 14.8. The van der Waals surface area contributed by atoms with Gasteiger partial charge in [0.2, 0.25) is 0 Å². The topological polar surface area (TPSA) is 69.2 Å². The molecule has 1 N–H and O–H groups in total. The number of hydrogen-bond acceptors (Lipinski definition) is 5. The quantitative estimate of drug-likeness (QED) is 0.620. The van der Waals surface area contributed by atoms with Gasteiger partial charge in [-0.25, -0.2) is 5.43 Å². The van der Waals surface area contributed by atoms with Crippen LogP contribution in [0.1, 0.15) is 18.1 Å². The first-order valence-electron chi connectivity index (χ1n) is 7.78. The molecule has 0 radical (unpaired) electrons. The summed E-state index contributed by atoms with van der Waals surface area (Å²) in [5.41, 5.74) is 4.93. The molecule has 0 fully saturated rings. The summed E-state index contributed by atoms with van der Waals surface area (Å²) in [7, 11) is 3.16. The molecule has 2 aromatic carbocycles. The van der Waals surface area contributed by atoms with Gasteiger partial charge in [0.1, 0.15) is 17.2 Å². The van der Waals surface area contributed by atoms with Crippen LogP contribution in [0.25, 0.3) is 0 Å². The summed E-state index contributed by atoms with van der Waals surface area (Å²) in [5, 5.41) is 4.10. The number of carbonyl (C=O) groups is 1. The van der Waals surface area contributed by atoms with Gasteiger partial charge in [0.05, 0.1) is 19.9 Å². The summed E-state index contributed by atoms with van der Waals surface area (Å²) in [4.78, 5) is 11.9. The summed E-state index contributed by atoms with van der Waals surface area (Å²) in [5.74, 6) is 1.61. The number of aryl methyl sites for hydroxylation is 1. The number of benzene rings is 2. The second kappa shape index (κ2) is 8.73. The number of ether oxygens (including phenoxy) is 3. The monoisotopic (exact) mass is 342 g/mol. The third-order valence-electron chi connectivity index (χ3n) is 3.51. The highest BCUT2D eigenvalue weighted by Gasteiger charge is 2.09. The molecule has 0 saturated heterocycles. The van der Waals surface area contributed by atoms with E-state index in [2.05, 4.69) is 10.5 Å². The van der Waals surface area contributed by atoms with Crippen LogP contribution in [0.3, 0.4) is 0 Å². The lowest BCUT2D eigenvalue weighted by Gasteiger charge is -2.10. The third-order valence-corrected chi connectivity index (χ3v) is 3.51. The highest BCUT2D eigenvalue weighted by Crippen LogP contribution is 2.25. The van der Waals surface area contributed by atoms with Crippen LogP contribution in [-0.2, 0) is 4.79 Å². The van der Waals surface area contributed by atoms with Gasteiger partial charge in [0.25, 0.3) is 5.91 Å². The van der Waals surface area contributed by atoms with Crippen LogP contribution in [0.15, 0.2) is 47.6 Å². The first-order valence-corrected chi connectivity index (χ1v) is 7.78. The highest BCUT2D eigenvalue weighted by molar-refractivity contribution is 6.01. The predicted octanol–water partition coefficient (Wildman–Crippen LogP) is 2.93. The van der Waals surface area contributed by atoms with E-state index in [0.29, 0.717) is 23.0 Å². The van der Waals surface area contributed by atoms with E-state index >= 15 is 0 Å². The van der Waals surface area contributed by atoms with Crippen molar-refractivity contribution >= 4 is 11.6 Å². The van der Waals surface area contributed by atoms with Gasteiger partial charge in [0.15, 0.2) is 6.61 Å². The van der Waals surface area contributed by atoms with Crippen molar-refractivity contribution in [3.05, 3.63) is 53.6 Å². The Labute approximate surface area is 147 Å². The Bertz CT molecular complexity index is 772. The summed E-state index contributed by atoms with van der Waals surface area (Å²) >= 11 is 0. The molecule has 0 aromatic heterocycles. The second-order valence-corrected chi connectivity index (χ2v) is 5.40. The van der Waals surface area contributed by atoms with Gasteiger partial charge in [-0.2, -0.15) is 5.10 Å². The van der Waals surface area contributed by atoms with Crippen molar-refractivity contribution in [1.29, 1.82) is 0 Å². The molecule has 0 saturated carbocycles. The van der Waals surface area contributed by atoms with E-state index in [-0.39, 0.29) is 12.5 Å². The Kier molecular flexibility index (Phi) is 6.39. The number of methoxy groups -OCH3 is 2. The maximum absolute atomic E-state index is 11.9. The molecule has 0 aliphatic rings. The summed E-state index contributed by atoms with van der Waals surface area (Å²) in [6, 6.07) is 12.9. The van der Waals surface area contributed by atoms with E-state index in [9.17, 15) is 4.79 Å². The van der Waals surface area contributed by atoms with Gasteiger partial charge in [-0.1, -0.05) is 12.1 Å². The van der Waals surface area contributed by atoms with E-state index in [1.54, 1.807) is 39.3 Å². The van der Waals surface area contributed by atoms with Crippen molar-refractivity contribution in [2.24, 2.45) is 5.10 Å². The zero-order chi connectivity index (χ0) is 18.2. The molecule has 132 valence electrons. The molecule has 0 aliphatic carbocycles. The van der Waals surface area contributed by atoms with Gasteiger partial charge in [0, 0.05) is 11.6 Å². The summed E-state index contributed by atoms with van der Waals surface area (Å²) in [6.07, 6.45) is 0. The van der Waals surface area contributed by atoms with Crippen LogP contribution in [0, 0.1) is 6.92 Å². The number of rotatable bonds is 7. The summed E-state index contributed by atoms with van der Waals surface area (Å²) < 4.78 is 15.9. The fourth-order valence-corrected chi connectivity index (χ4v) is 2.19. The van der Waals surface area contributed by atoms with Crippen LogP contribution in [-0.4, -0.2) is 32.4 Å². The number of carbonyl (C=O) groups excluding carboxylic acids is 1. The lowest BCUT2D eigenvalue weighted by molar-refractivity contribution is -0.123. The van der Waals surface area contributed by atoms with E-state index in [1.165, 1.54) is 0 Å². The Morgan fingerprint density at radius 2 is 1.88 bits per heavy atom. The number of nitrogens with one attached hydrogen (secondary N) is 1. The Balaban J connectivity index is 1.97. The number of nitrogens with zero attached hydrogens (tertiary/aromatic N) is 1.